The van der Waals surface area contributed by atoms with E-state index in [1.54, 1.807) is 30.9 Å². The van der Waals surface area contributed by atoms with Gasteiger partial charge in [-0.25, -0.2) is 0 Å². The number of nitrogens with zero attached hydrogens (tertiary/aromatic N) is 1. The van der Waals surface area contributed by atoms with E-state index in [2.05, 4.69) is 0 Å². The number of hydrogen-bond acceptors (Lipinski definition) is 3. The Bertz CT molecular complexity index is 529. The number of rotatable bonds is 6. The van der Waals surface area contributed by atoms with Crippen LogP contribution in [0.25, 0.3) is 0 Å². The van der Waals surface area contributed by atoms with Crippen LogP contribution in [0.5, 0.6) is 0 Å². The molecule has 0 saturated carbocycles. The maximum absolute atomic E-state index is 11.3. The molecular formula is C14H19ClN2O3. The number of hydrogen-bond donors (Lipinski definition) is 2. The first-order valence-corrected chi connectivity index (χ1v) is 6.64. The Kier molecular flexibility index (Phi) is 5.14. The number of carbonyl (C=O) groups is 2. The molecule has 1 aromatic carbocycles. The van der Waals surface area contributed by atoms with Gasteiger partial charge in [0.25, 0.3) is 0 Å². The fraction of sp³-hybridized carbons (Fsp3) is 0.429. The zero-order valence-corrected chi connectivity index (χ0v) is 12.6. The van der Waals surface area contributed by atoms with Crippen molar-refractivity contribution in [3.8, 4) is 0 Å². The van der Waals surface area contributed by atoms with Crippen molar-refractivity contribution in [1.29, 1.82) is 0 Å². The van der Waals surface area contributed by atoms with E-state index in [1.165, 1.54) is 6.07 Å². The molecule has 0 unspecified atom stereocenters. The molecule has 0 radical (unpaired) electrons. The van der Waals surface area contributed by atoms with Gasteiger partial charge in [-0.05, 0) is 38.1 Å². The van der Waals surface area contributed by atoms with Gasteiger partial charge in [0.2, 0.25) is 5.91 Å². The number of amides is 1. The van der Waals surface area contributed by atoms with Crippen molar-refractivity contribution in [2.24, 2.45) is 5.73 Å². The van der Waals surface area contributed by atoms with Crippen molar-refractivity contribution < 1.29 is 14.7 Å². The molecule has 0 bridgehead atoms. The SMILES string of the molecule is CCN(Cc1ccc(C(N)=O)cc1Cl)C(C)(C)C(=O)O. The summed E-state index contributed by atoms with van der Waals surface area (Å²) >= 11 is 6.12. The van der Waals surface area contributed by atoms with Gasteiger partial charge in [0, 0.05) is 17.1 Å². The number of primary amides is 1. The third-order valence-electron chi connectivity index (χ3n) is 3.39. The van der Waals surface area contributed by atoms with E-state index in [9.17, 15) is 14.7 Å². The predicted octanol–water partition coefficient (Wildman–Crippen LogP) is 2.12. The molecule has 1 aromatic rings. The number of likely N-dealkylation sites (N-methyl/N-ethyl adjacent to an activating group) is 1. The first-order valence-electron chi connectivity index (χ1n) is 6.26. The normalized spacial score (nSPS) is 11.7. The van der Waals surface area contributed by atoms with Gasteiger partial charge >= 0.3 is 5.97 Å². The van der Waals surface area contributed by atoms with E-state index < -0.39 is 17.4 Å². The molecule has 0 aliphatic carbocycles. The van der Waals surface area contributed by atoms with E-state index in [0.717, 1.165) is 5.56 Å². The van der Waals surface area contributed by atoms with Crippen molar-refractivity contribution in [3.05, 3.63) is 34.3 Å². The van der Waals surface area contributed by atoms with E-state index in [0.29, 0.717) is 23.7 Å². The maximum Gasteiger partial charge on any atom is 0.323 e. The van der Waals surface area contributed by atoms with Gasteiger partial charge in [-0.2, -0.15) is 0 Å². The van der Waals surface area contributed by atoms with Crippen molar-refractivity contribution in [1.82, 2.24) is 4.90 Å². The Labute approximate surface area is 123 Å². The second kappa shape index (κ2) is 6.24. The van der Waals surface area contributed by atoms with Gasteiger partial charge in [0.15, 0.2) is 0 Å². The summed E-state index contributed by atoms with van der Waals surface area (Å²) in [7, 11) is 0. The van der Waals surface area contributed by atoms with Gasteiger partial charge in [0.1, 0.15) is 5.54 Å². The van der Waals surface area contributed by atoms with Gasteiger partial charge in [-0.3, -0.25) is 14.5 Å². The number of benzene rings is 1. The third-order valence-corrected chi connectivity index (χ3v) is 3.75. The van der Waals surface area contributed by atoms with Gasteiger partial charge in [-0.15, -0.1) is 0 Å². The molecule has 1 amide bonds. The van der Waals surface area contributed by atoms with Gasteiger partial charge < -0.3 is 10.8 Å². The average molecular weight is 299 g/mol. The molecule has 0 aromatic heterocycles. The Morgan fingerprint density at radius 2 is 2.00 bits per heavy atom. The highest BCUT2D eigenvalue weighted by Gasteiger charge is 2.33. The highest BCUT2D eigenvalue weighted by atomic mass is 35.5. The fourth-order valence-electron chi connectivity index (χ4n) is 1.87. The minimum Gasteiger partial charge on any atom is -0.480 e. The topological polar surface area (TPSA) is 83.6 Å². The lowest BCUT2D eigenvalue weighted by atomic mass is 10.0. The van der Waals surface area contributed by atoms with Crippen LogP contribution in [0.2, 0.25) is 5.02 Å². The molecule has 6 heteroatoms. The first-order chi connectivity index (χ1) is 9.20. The molecule has 0 aliphatic rings. The lowest BCUT2D eigenvalue weighted by molar-refractivity contribution is -0.149. The van der Waals surface area contributed by atoms with Crippen molar-refractivity contribution in [3.63, 3.8) is 0 Å². The highest BCUT2D eigenvalue weighted by molar-refractivity contribution is 6.31. The number of halogens is 1. The van der Waals surface area contributed by atoms with E-state index in [1.807, 2.05) is 6.92 Å². The Hall–Kier alpha value is -1.59. The van der Waals surface area contributed by atoms with Crippen LogP contribution < -0.4 is 5.73 Å². The summed E-state index contributed by atoms with van der Waals surface area (Å²) in [5.41, 5.74) is 5.27. The summed E-state index contributed by atoms with van der Waals surface area (Å²) < 4.78 is 0. The summed E-state index contributed by atoms with van der Waals surface area (Å²) in [6, 6.07) is 4.79. The van der Waals surface area contributed by atoms with Crippen LogP contribution in [0.3, 0.4) is 0 Å². The molecule has 110 valence electrons. The molecule has 0 fully saturated rings. The van der Waals surface area contributed by atoms with Crippen molar-refractivity contribution >= 4 is 23.5 Å². The van der Waals surface area contributed by atoms with E-state index in [-0.39, 0.29) is 0 Å². The smallest absolute Gasteiger partial charge is 0.323 e. The summed E-state index contributed by atoms with van der Waals surface area (Å²) in [5.74, 6) is -1.44. The Morgan fingerprint density at radius 1 is 1.40 bits per heavy atom. The van der Waals surface area contributed by atoms with E-state index in [4.69, 9.17) is 17.3 Å². The molecule has 0 heterocycles. The molecule has 0 aliphatic heterocycles. The number of nitrogens with two attached hydrogens (primary N) is 1. The number of aliphatic carboxylic acids is 1. The number of carboxylic acid groups (broad SMARTS) is 1. The zero-order valence-electron chi connectivity index (χ0n) is 11.8. The molecule has 3 N–H and O–H groups in total. The van der Waals surface area contributed by atoms with Crippen LogP contribution in [-0.4, -0.2) is 34.0 Å². The number of carboxylic acids is 1. The zero-order chi connectivity index (χ0) is 15.5. The van der Waals surface area contributed by atoms with Crippen LogP contribution in [0.4, 0.5) is 0 Å². The largest absolute Gasteiger partial charge is 0.480 e. The predicted molar refractivity (Wildman–Crippen MR) is 77.8 cm³/mol. The highest BCUT2D eigenvalue weighted by Crippen LogP contribution is 2.23. The molecule has 20 heavy (non-hydrogen) atoms. The third kappa shape index (κ3) is 3.49. The van der Waals surface area contributed by atoms with Crippen LogP contribution in [-0.2, 0) is 11.3 Å². The first kappa shape index (κ1) is 16.5. The Morgan fingerprint density at radius 3 is 2.40 bits per heavy atom. The molecule has 0 saturated heterocycles. The monoisotopic (exact) mass is 298 g/mol. The van der Waals surface area contributed by atoms with Crippen molar-refractivity contribution in [2.45, 2.75) is 32.9 Å². The second-order valence-corrected chi connectivity index (χ2v) is 5.46. The van der Waals surface area contributed by atoms with Crippen LogP contribution >= 0.6 is 11.6 Å². The molecule has 1 rings (SSSR count). The van der Waals surface area contributed by atoms with Gasteiger partial charge in [-0.1, -0.05) is 24.6 Å². The second-order valence-electron chi connectivity index (χ2n) is 5.05. The van der Waals surface area contributed by atoms with Crippen LogP contribution in [0.1, 0.15) is 36.7 Å². The summed E-state index contributed by atoms with van der Waals surface area (Å²) in [6.45, 7) is 6.12. The van der Waals surface area contributed by atoms with Crippen LogP contribution in [0.15, 0.2) is 18.2 Å². The lowest BCUT2D eigenvalue weighted by Crippen LogP contribution is -2.49. The minimum atomic E-state index is -1.000. The standard InChI is InChI=1S/C14H19ClN2O3/c1-4-17(14(2,3)13(19)20)8-10-6-5-9(12(16)18)7-11(10)15/h5-7H,4,8H2,1-3H3,(H2,16,18)(H,19,20). The molecule has 0 spiro atoms. The number of carbonyl (C=O) groups excluding carboxylic acids is 1. The van der Waals surface area contributed by atoms with Gasteiger partial charge in [0.05, 0.1) is 0 Å². The quantitative estimate of drug-likeness (QED) is 0.842. The lowest BCUT2D eigenvalue weighted by Gasteiger charge is -2.34. The van der Waals surface area contributed by atoms with E-state index >= 15 is 0 Å². The summed E-state index contributed by atoms with van der Waals surface area (Å²) in [6.07, 6.45) is 0. The summed E-state index contributed by atoms with van der Waals surface area (Å²) in [4.78, 5) is 24.2. The molecule has 0 atom stereocenters. The Balaban J connectivity index is 3.02. The maximum atomic E-state index is 11.3. The van der Waals surface area contributed by atoms with Crippen LogP contribution in [0, 0.1) is 0 Å². The fourth-order valence-corrected chi connectivity index (χ4v) is 2.11. The summed E-state index contributed by atoms with van der Waals surface area (Å²) in [5, 5.41) is 9.67. The minimum absolute atomic E-state index is 0.333. The van der Waals surface area contributed by atoms with Crippen molar-refractivity contribution in [2.75, 3.05) is 6.54 Å². The molecular weight excluding hydrogens is 280 g/mol. The molecule has 5 nitrogen and oxygen atoms in total. The average Bonchev–Trinajstić information content (AvgIpc) is 2.36.